The van der Waals surface area contributed by atoms with E-state index in [1.807, 2.05) is 0 Å². The van der Waals surface area contributed by atoms with Crippen LogP contribution in [-0.2, 0) is 10.2 Å². The van der Waals surface area contributed by atoms with Gasteiger partial charge in [-0.1, -0.05) is 12.1 Å². The number of hydrogen-bond acceptors (Lipinski definition) is 3. The number of urea groups is 1. The predicted octanol–water partition coefficient (Wildman–Crippen LogP) is 1.65. The number of benzene rings is 1. The van der Waals surface area contributed by atoms with E-state index in [0.717, 1.165) is 0 Å². The number of aliphatic carboxylic acids is 1. The van der Waals surface area contributed by atoms with E-state index in [9.17, 15) is 19.8 Å². The number of anilines is 1. The summed E-state index contributed by atoms with van der Waals surface area (Å²) in [5.41, 5.74) is 0.303. The van der Waals surface area contributed by atoms with Crippen LogP contribution in [0.4, 0.5) is 10.5 Å². The largest absolute Gasteiger partial charge is 0.481 e. The van der Waals surface area contributed by atoms with Gasteiger partial charge >= 0.3 is 12.0 Å². The van der Waals surface area contributed by atoms with Crippen molar-refractivity contribution < 1.29 is 19.8 Å². The van der Waals surface area contributed by atoms with Crippen molar-refractivity contribution in [3.63, 3.8) is 0 Å². The van der Waals surface area contributed by atoms with E-state index in [-0.39, 0.29) is 6.03 Å². The molecule has 6 nitrogen and oxygen atoms in total. The lowest BCUT2D eigenvalue weighted by atomic mass is 9.85. The lowest BCUT2D eigenvalue weighted by molar-refractivity contribution is -0.142. The van der Waals surface area contributed by atoms with Crippen molar-refractivity contribution in [1.82, 2.24) is 4.90 Å². The van der Waals surface area contributed by atoms with Crippen molar-refractivity contribution in [2.24, 2.45) is 0 Å². The van der Waals surface area contributed by atoms with Crippen LogP contribution in [-0.4, -0.2) is 46.3 Å². The molecule has 1 unspecified atom stereocenters. The number of nitrogens with one attached hydrogen (secondary N) is 1. The van der Waals surface area contributed by atoms with E-state index in [2.05, 4.69) is 5.32 Å². The number of carbonyl (C=O) groups excluding carboxylic acids is 1. The monoisotopic (exact) mass is 292 g/mol. The number of amides is 2. The van der Waals surface area contributed by atoms with E-state index >= 15 is 0 Å². The summed E-state index contributed by atoms with van der Waals surface area (Å²) in [6.07, 6.45) is 0.147. The Hall–Kier alpha value is -2.08. The molecule has 0 saturated carbocycles. The minimum atomic E-state index is -0.971. The van der Waals surface area contributed by atoms with Gasteiger partial charge in [0.1, 0.15) is 0 Å². The molecule has 1 aromatic carbocycles. The van der Waals surface area contributed by atoms with Crippen LogP contribution >= 0.6 is 0 Å². The van der Waals surface area contributed by atoms with Gasteiger partial charge in [-0.15, -0.1) is 0 Å². The summed E-state index contributed by atoms with van der Waals surface area (Å²) in [6.45, 7) is 4.15. The first-order chi connectivity index (χ1) is 9.80. The Morgan fingerprint density at radius 2 is 1.90 bits per heavy atom. The van der Waals surface area contributed by atoms with Crippen LogP contribution in [0.2, 0.25) is 0 Å². The van der Waals surface area contributed by atoms with Gasteiger partial charge in [0.2, 0.25) is 0 Å². The van der Waals surface area contributed by atoms with E-state index in [4.69, 9.17) is 0 Å². The molecule has 0 radical (unpaired) electrons. The van der Waals surface area contributed by atoms with Crippen LogP contribution in [0.1, 0.15) is 25.8 Å². The van der Waals surface area contributed by atoms with Crippen LogP contribution in [0.5, 0.6) is 0 Å². The Kier molecular flexibility index (Phi) is 4.18. The van der Waals surface area contributed by atoms with Crippen molar-refractivity contribution in [1.29, 1.82) is 0 Å². The molecule has 21 heavy (non-hydrogen) atoms. The van der Waals surface area contributed by atoms with Gasteiger partial charge in [-0.05, 0) is 38.0 Å². The number of aliphatic hydroxyl groups excluding tert-OH is 1. The quantitative estimate of drug-likeness (QED) is 0.790. The molecule has 1 saturated heterocycles. The van der Waals surface area contributed by atoms with Gasteiger partial charge in [-0.3, -0.25) is 4.79 Å². The molecular weight excluding hydrogens is 272 g/mol. The average molecular weight is 292 g/mol. The molecule has 0 bridgehead atoms. The molecule has 2 amide bonds. The molecule has 1 aliphatic rings. The third-order valence-corrected chi connectivity index (χ3v) is 3.84. The van der Waals surface area contributed by atoms with E-state index in [1.165, 1.54) is 0 Å². The Morgan fingerprint density at radius 3 is 2.38 bits per heavy atom. The fourth-order valence-corrected chi connectivity index (χ4v) is 2.22. The van der Waals surface area contributed by atoms with Crippen LogP contribution in [0.3, 0.4) is 0 Å². The number of β-amino-alcohol motifs (C(OH)–C–C–N with tert-alkyl or cyclic N) is 1. The smallest absolute Gasteiger partial charge is 0.321 e. The van der Waals surface area contributed by atoms with Gasteiger partial charge < -0.3 is 20.4 Å². The number of nitrogens with zero attached hydrogens (tertiary/aromatic N) is 1. The summed E-state index contributed by atoms with van der Waals surface area (Å²) in [5, 5.41) is 21.3. The second kappa shape index (κ2) is 5.73. The highest BCUT2D eigenvalue weighted by Crippen LogP contribution is 2.25. The number of rotatable bonds is 3. The summed E-state index contributed by atoms with van der Waals surface area (Å²) >= 11 is 0. The zero-order valence-electron chi connectivity index (χ0n) is 12.2. The summed E-state index contributed by atoms with van der Waals surface area (Å²) in [6, 6.07) is 6.51. The zero-order valence-corrected chi connectivity index (χ0v) is 12.2. The maximum absolute atomic E-state index is 12.0. The normalized spacial score (nSPS) is 18.6. The minimum absolute atomic E-state index is 0.253. The third-order valence-electron chi connectivity index (χ3n) is 3.84. The van der Waals surface area contributed by atoms with Crippen LogP contribution in [0, 0.1) is 0 Å². The molecule has 1 atom stereocenters. The Bertz CT molecular complexity index is 539. The highest BCUT2D eigenvalue weighted by molar-refractivity contribution is 5.89. The van der Waals surface area contributed by atoms with Crippen molar-refractivity contribution >= 4 is 17.7 Å². The summed E-state index contributed by atoms with van der Waals surface area (Å²) in [4.78, 5) is 24.7. The first kappa shape index (κ1) is 15.3. The van der Waals surface area contributed by atoms with Crippen molar-refractivity contribution in [3.05, 3.63) is 29.8 Å². The highest BCUT2D eigenvalue weighted by atomic mass is 16.4. The predicted molar refractivity (Wildman–Crippen MR) is 78.3 cm³/mol. The second-order valence-electron chi connectivity index (χ2n) is 5.83. The first-order valence-electron chi connectivity index (χ1n) is 6.88. The second-order valence-corrected chi connectivity index (χ2v) is 5.83. The topological polar surface area (TPSA) is 89.9 Å². The maximum atomic E-state index is 12.0. The lowest BCUT2D eigenvalue weighted by Gasteiger charge is -2.20. The molecule has 0 aliphatic carbocycles. The van der Waals surface area contributed by atoms with Gasteiger partial charge in [0.05, 0.1) is 11.5 Å². The van der Waals surface area contributed by atoms with Gasteiger partial charge in [0.15, 0.2) is 0 Å². The van der Waals surface area contributed by atoms with E-state index in [0.29, 0.717) is 30.8 Å². The molecule has 1 heterocycles. The highest BCUT2D eigenvalue weighted by Gasteiger charge is 2.29. The van der Waals surface area contributed by atoms with Gasteiger partial charge in [-0.2, -0.15) is 0 Å². The minimum Gasteiger partial charge on any atom is -0.481 e. The summed E-state index contributed by atoms with van der Waals surface area (Å²) < 4.78 is 0. The third kappa shape index (κ3) is 3.33. The fraction of sp³-hybridized carbons (Fsp3) is 0.467. The van der Waals surface area contributed by atoms with Gasteiger partial charge in [-0.25, -0.2) is 4.79 Å². The molecule has 114 valence electrons. The van der Waals surface area contributed by atoms with Gasteiger partial charge in [0.25, 0.3) is 0 Å². The molecule has 1 fully saturated rings. The van der Waals surface area contributed by atoms with Crippen molar-refractivity contribution in [3.8, 4) is 0 Å². The summed E-state index contributed by atoms with van der Waals surface area (Å²) in [5.74, 6) is -0.898. The molecule has 1 aromatic rings. The molecular formula is C15H20N2O4. The SMILES string of the molecule is CC(C)(C(=O)O)c1ccc(NC(=O)N2CCC(O)C2)cc1. The molecule has 6 heteroatoms. The number of hydrogen-bond donors (Lipinski definition) is 3. The molecule has 2 rings (SSSR count). The molecule has 3 N–H and O–H groups in total. The van der Waals surface area contributed by atoms with Crippen LogP contribution in [0.25, 0.3) is 0 Å². The standard InChI is InChI=1S/C15H20N2O4/c1-15(2,13(19)20)10-3-5-11(6-4-10)16-14(21)17-8-7-12(18)9-17/h3-6,12,18H,7-9H2,1-2H3,(H,16,21)(H,19,20). The van der Waals surface area contributed by atoms with Crippen LogP contribution in [0.15, 0.2) is 24.3 Å². The summed E-state index contributed by atoms with van der Waals surface area (Å²) in [7, 11) is 0. The maximum Gasteiger partial charge on any atom is 0.321 e. The number of carboxylic acids is 1. The molecule has 0 aromatic heterocycles. The number of carbonyl (C=O) groups is 2. The zero-order chi connectivity index (χ0) is 15.6. The molecule has 0 spiro atoms. The lowest BCUT2D eigenvalue weighted by Crippen LogP contribution is -2.33. The van der Waals surface area contributed by atoms with Gasteiger partial charge in [0, 0.05) is 18.8 Å². The Balaban J connectivity index is 2.03. The number of likely N-dealkylation sites (tertiary alicyclic amines) is 1. The number of carboxylic acid groups (broad SMARTS) is 1. The Morgan fingerprint density at radius 1 is 1.29 bits per heavy atom. The Labute approximate surface area is 123 Å². The molecule has 1 aliphatic heterocycles. The average Bonchev–Trinajstić information content (AvgIpc) is 2.86. The number of aliphatic hydroxyl groups is 1. The van der Waals surface area contributed by atoms with Crippen molar-refractivity contribution in [2.75, 3.05) is 18.4 Å². The van der Waals surface area contributed by atoms with E-state index in [1.54, 1.807) is 43.0 Å². The van der Waals surface area contributed by atoms with E-state index < -0.39 is 17.5 Å². The van der Waals surface area contributed by atoms with Crippen molar-refractivity contribution in [2.45, 2.75) is 31.8 Å². The fourth-order valence-electron chi connectivity index (χ4n) is 2.22. The first-order valence-corrected chi connectivity index (χ1v) is 6.88. The van der Waals surface area contributed by atoms with Crippen LogP contribution < -0.4 is 5.32 Å².